The first-order chi connectivity index (χ1) is 8.06. The lowest BCUT2D eigenvalue weighted by Crippen LogP contribution is -2.33. The fourth-order valence-electron chi connectivity index (χ4n) is 1.56. The van der Waals surface area contributed by atoms with Gasteiger partial charge in [-0.3, -0.25) is 4.79 Å². The molecule has 1 N–H and O–H groups in total. The van der Waals surface area contributed by atoms with Gasteiger partial charge in [0.2, 0.25) is 0 Å². The summed E-state index contributed by atoms with van der Waals surface area (Å²) in [7, 11) is 0. The maximum atomic E-state index is 13.3. The molecule has 0 aliphatic carbocycles. The summed E-state index contributed by atoms with van der Waals surface area (Å²) in [4.78, 5) is 11.7. The van der Waals surface area contributed by atoms with Crippen molar-refractivity contribution in [3.63, 3.8) is 0 Å². The van der Waals surface area contributed by atoms with Crippen LogP contribution in [0.25, 0.3) is 0 Å². The molecule has 0 saturated heterocycles. The summed E-state index contributed by atoms with van der Waals surface area (Å²) >= 11 is 0. The predicted molar refractivity (Wildman–Crippen MR) is 62.8 cm³/mol. The van der Waals surface area contributed by atoms with E-state index < -0.39 is 17.5 Å². The molecule has 1 rings (SSSR count). The van der Waals surface area contributed by atoms with Crippen LogP contribution in [0.4, 0.5) is 8.78 Å². The number of unbranched alkanes of at least 4 members (excludes halogenated alkanes) is 1. The zero-order chi connectivity index (χ0) is 12.8. The number of nitrogens with one attached hydrogen (secondary N) is 1. The van der Waals surface area contributed by atoms with Gasteiger partial charge in [0.25, 0.3) is 5.91 Å². The summed E-state index contributed by atoms with van der Waals surface area (Å²) in [6.07, 6.45) is 2.86. The first kappa shape index (κ1) is 13.6. The van der Waals surface area contributed by atoms with Crippen LogP contribution >= 0.6 is 0 Å². The Hall–Kier alpha value is -1.45. The summed E-state index contributed by atoms with van der Waals surface area (Å²) in [6.45, 7) is 3.91. The van der Waals surface area contributed by atoms with E-state index in [1.54, 1.807) is 0 Å². The van der Waals surface area contributed by atoms with Crippen LogP contribution in [-0.2, 0) is 0 Å². The van der Waals surface area contributed by atoms with E-state index in [1.807, 2.05) is 6.92 Å². The quantitative estimate of drug-likeness (QED) is 0.842. The molecule has 0 aliphatic rings. The van der Waals surface area contributed by atoms with Crippen LogP contribution in [0.5, 0.6) is 0 Å². The fraction of sp³-hybridized carbons (Fsp3) is 0.462. The van der Waals surface area contributed by atoms with Gasteiger partial charge in [-0.1, -0.05) is 25.8 Å². The van der Waals surface area contributed by atoms with Crippen molar-refractivity contribution in [3.05, 3.63) is 35.4 Å². The Morgan fingerprint density at radius 1 is 1.41 bits per heavy atom. The largest absolute Gasteiger partial charge is 0.349 e. The Balaban J connectivity index is 2.67. The minimum absolute atomic E-state index is 0.0369. The average molecular weight is 241 g/mol. The maximum absolute atomic E-state index is 13.3. The zero-order valence-electron chi connectivity index (χ0n) is 10.1. The molecule has 2 nitrogen and oxygen atoms in total. The normalized spacial score (nSPS) is 12.2. The Morgan fingerprint density at radius 2 is 2.12 bits per heavy atom. The zero-order valence-corrected chi connectivity index (χ0v) is 10.1. The molecule has 0 radical (unpaired) electrons. The molecular formula is C13H17F2NO. The molecule has 0 spiro atoms. The van der Waals surface area contributed by atoms with Gasteiger partial charge in [0.15, 0.2) is 11.6 Å². The van der Waals surface area contributed by atoms with Gasteiger partial charge in [-0.25, -0.2) is 8.78 Å². The van der Waals surface area contributed by atoms with Crippen molar-refractivity contribution in [2.75, 3.05) is 0 Å². The van der Waals surface area contributed by atoms with E-state index in [0.717, 1.165) is 25.3 Å². The minimum atomic E-state index is -1.09. The predicted octanol–water partition coefficient (Wildman–Crippen LogP) is 3.27. The average Bonchev–Trinajstić information content (AvgIpc) is 2.29. The van der Waals surface area contributed by atoms with Gasteiger partial charge in [0.05, 0.1) is 5.56 Å². The van der Waals surface area contributed by atoms with Gasteiger partial charge in [0, 0.05) is 6.04 Å². The van der Waals surface area contributed by atoms with Crippen LogP contribution in [0.2, 0.25) is 0 Å². The van der Waals surface area contributed by atoms with Crippen LogP contribution in [-0.4, -0.2) is 11.9 Å². The number of carbonyl (C=O) groups excluding carboxylic acids is 1. The number of amides is 1. The fourth-order valence-corrected chi connectivity index (χ4v) is 1.56. The number of benzene rings is 1. The second kappa shape index (κ2) is 6.33. The van der Waals surface area contributed by atoms with Crippen molar-refractivity contribution in [2.45, 2.75) is 39.2 Å². The van der Waals surface area contributed by atoms with Crippen LogP contribution in [0.1, 0.15) is 43.5 Å². The Morgan fingerprint density at radius 3 is 2.76 bits per heavy atom. The number of hydrogen-bond donors (Lipinski definition) is 1. The number of carbonyl (C=O) groups is 1. The second-order valence-electron chi connectivity index (χ2n) is 4.12. The molecule has 0 fully saturated rings. The van der Waals surface area contributed by atoms with E-state index in [4.69, 9.17) is 0 Å². The van der Waals surface area contributed by atoms with Crippen molar-refractivity contribution in [1.82, 2.24) is 5.32 Å². The molecule has 1 aromatic rings. The van der Waals surface area contributed by atoms with E-state index >= 15 is 0 Å². The monoisotopic (exact) mass is 241 g/mol. The summed E-state index contributed by atoms with van der Waals surface area (Å²) in [5.74, 6) is -2.66. The van der Waals surface area contributed by atoms with E-state index in [9.17, 15) is 13.6 Å². The maximum Gasteiger partial charge on any atom is 0.254 e. The third-order valence-corrected chi connectivity index (χ3v) is 2.56. The SMILES string of the molecule is CCCCC(C)NC(=O)c1cccc(F)c1F. The van der Waals surface area contributed by atoms with Gasteiger partial charge in [-0.2, -0.15) is 0 Å². The van der Waals surface area contributed by atoms with E-state index in [1.165, 1.54) is 12.1 Å². The molecule has 1 atom stereocenters. The third kappa shape index (κ3) is 3.80. The molecule has 94 valence electrons. The summed E-state index contributed by atoms with van der Waals surface area (Å²) in [5.41, 5.74) is -0.242. The lowest BCUT2D eigenvalue weighted by molar-refractivity contribution is 0.0933. The van der Waals surface area contributed by atoms with Gasteiger partial charge >= 0.3 is 0 Å². The summed E-state index contributed by atoms with van der Waals surface area (Å²) in [6, 6.07) is 3.56. The second-order valence-corrected chi connectivity index (χ2v) is 4.12. The van der Waals surface area contributed by atoms with Crippen molar-refractivity contribution in [1.29, 1.82) is 0 Å². The van der Waals surface area contributed by atoms with E-state index in [2.05, 4.69) is 12.2 Å². The van der Waals surface area contributed by atoms with E-state index in [-0.39, 0.29) is 11.6 Å². The highest BCUT2D eigenvalue weighted by Gasteiger charge is 2.16. The first-order valence-electron chi connectivity index (χ1n) is 5.81. The van der Waals surface area contributed by atoms with Crippen molar-refractivity contribution >= 4 is 5.91 Å². The van der Waals surface area contributed by atoms with Crippen molar-refractivity contribution in [2.24, 2.45) is 0 Å². The smallest absolute Gasteiger partial charge is 0.254 e. The Bertz CT molecular complexity index is 393. The molecule has 0 aromatic heterocycles. The van der Waals surface area contributed by atoms with Crippen LogP contribution in [0.3, 0.4) is 0 Å². The van der Waals surface area contributed by atoms with Crippen LogP contribution in [0.15, 0.2) is 18.2 Å². The molecule has 0 heterocycles. The number of hydrogen-bond acceptors (Lipinski definition) is 1. The molecule has 1 amide bonds. The van der Waals surface area contributed by atoms with Gasteiger partial charge in [0.1, 0.15) is 0 Å². The molecule has 0 saturated carbocycles. The lowest BCUT2D eigenvalue weighted by atomic mass is 10.1. The van der Waals surface area contributed by atoms with Gasteiger partial charge in [-0.15, -0.1) is 0 Å². The Kier molecular flexibility index (Phi) is 5.07. The minimum Gasteiger partial charge on any atom is -0.349 e. The standard InChI is InChI=1S/C13H17F2NO/c1-3-4-6-9(2)16-13(17)10-7-5-8-11(14)12(10)15/h5,7-9H,3-4,6H2,1-2H3,(H,16,17). The lowest BCUT2D eigenvalue weighted by Gasteiger charge is -2.13. The highest BCUT2D eigenvalue weighted by molar-refractivity contribution is 5.94. The summed E-state index contributed by atoms with van der Waals surface area (Å²) in [5, 5.41) is 2.65. The summed E-state index contributed by atoms with van der Waals surface area (Å²) < 4.78 is 26.2. The molecule has 17 heavy (non-hydrogen) atoms. The molecule has 0 aliphatic heterocycles. The molecule has 4 heteroatoms. The highest BCUT2D eigenvalue weighted by Crippen LogP contribution is 2.11. The highest BCUT2D eigenvalue weighted by atomic mass is 19.2. The molecule has 0 bridgehead atoms. The van der Waals surface area contributed by atoms with Crippen LogP contribution in [0, 0.1) is 11.6 Å². The van der Waals surface area contributed by atoms with Gasteiger partial charge < -0.3 is 5.32 Å². The molecule has 1 unspecified atom stereocenters. The van der Waals surface area contributed by atoms with Gasteiger partial charge in [-0.05, 0) is 25.5 Å². The Labute approximate surface area is 100 Å². The molecular weight excluding hydrogens is 224 g/mol. The first-order valence-corrected chi connectivity index (χ1v) is 5.81. The molecule has 1 aromatic carbocycles. The number of halogens is 2. The van der Waals surface area contributed by atoms with Crippen molar-refractivity contribution in [3.8, 4) is 0 Å². The third-order valence-electron chi connectivity index (χ3n) is 2.56. The van der Waals surface area contributed by atoms with Crippen molar-refractivity contribution < 1.29 is 13.6 Å². The number of rotatable bonds is 5. The van der Waals surface area contributed by atoms with Crippen LogP contribution < -0.4 is 5.32 Å². The van der Waals surface area contributed by atoms with E-state index in [0.29, 0.717) is 0 Å². The topological polar surface area (TPSA) is 29.1 Å².